The van der Waals surface area contributed by atoms with Crippen molar-refractivity contribution in [3.8, 4) is 23.3 Å². The molecule has 2 rings (SSSR count). The predicted molar refractivity (Wildman–Crippen MR) is 119 cm³/mol. The van der Waals surface area contributed by atoms with E-state index in [9.17, 15) is 13.2 Å². The minimum atomic E-state index is -4.08. The summed E-state index contributed by atoms with van der Waals surface area (Å²) in [6.07, 6.45) is 0. The Morgan fingerprint density at radius 3 is 2.22 bits per heavy atom. The van der Waals surface area contributed by atoms with E-state index in [-0.39, 0.29) is 11.5 Å². The third-order valence-electron chi connectivity index (χ3n) is 4.29. The maximum absolute atomic E-state index is 12.8. The summed E-state index contributed by atoms with van der Waals surface area (Å²) in [5, 5.41) is 9.10. The first-order valence-corrected chi connectivity index (χ1v) is 11.2. The van der Waals surface area contributed by atoms with E-state index < -0.39 is 22.0 Å². The van der Waals surface area contributed by atoms with Crippen LogP contribution in [0.4, 0.5) is 0 Å². The summed E-state index contributed by atoms with van der Waals surface area (Å²) in [5.74, 6) is 5.55. The lowest BCUT2D eigenvalue weighted by molar-refractivity contribution is -0.131. The molecule has 172 valence electrons. The van der Waals surface area contributed by atoms with E-state index in [2.05, 4.69) is 16.6 Å². The summed E-state index contributed by atoms with van der Waals surface area (Å²) in [7, 11) is -0.223. The first-order chi connectivity index (χ1) is 15.3. The zero-order chi connectivity index (χ0) is 23.6. The molecule has 0 radical (unpaired) electrons. The highest BCUT2D eigenvalue weighted by atomic mass is 32.2. The molecule has 0 aliphatic rings. The van der Waals surface area contributed by atoms with Crippen LogP contribution in [0.2, 0.25) is 0 Å². The molecule has 0 spiro atoms. The second-order valence-electron chi connectivity index (χ2n) is 6.94. The number of amides is 1. The summed E-state index contributed by atoms with van der Waals surface area (Å²) >= 11 is 0. The average Bonchev–Trinajstić information content (AvgIpc) is 2.78. The van der Waals surface area contributed by atoms with Gasteiger partial charge < -0.3 is 14.4 Å². The van der Waals surface area contributed by atoms with E-state index in [0.29, 0.717) is 23.7 Å². The van der Waals surface area contributed by atoms with Crippen LogP contribution in [0.5, 0.6) is 11.5 Å². The first-order valence-electron chi connectivity index (χ1n) is 9.73. The number of hydroxylamine groups is 1. The van der Waals surface area contributed by atoms with Gasteiger partial charge in [-0.15, -0.1) is 5.92 Å². The lowest BCUT2D eigenvalue weighted by Gasteiger charge is -2.18. The SMILES string of the molecule is CC#CCOc1ccc(S(=O)(=O)NC(C(=O)NO)c2ccc(OCCN(C)C)cc2)cc1. The highest BCUT2D eigenvalue weighted by molar-refractivity contribution is 7.89. The molecule has 0 heterocycles. The lowest BCUT2D eigenvalue weighted by atomic mass is 10.1. The number of carbonyl (C=O) groups is 1. The van der Waals surface area contributed by atoms with Crippen molar-refractivity contribution in [1.82, 2.24) is 15.1 Å². The number of nitrogens with zero attached hydrogens (tertiary/aromatic N) is 1. The summed E-state index contributed by atoms with van der Waals surface area (Å²) in [5.41, 5.74) is 1.83. The van der Waals surface area contributed by atoms with Crippen LogP contribution in [-0.4, -0.2) is 58.3 Å². The molecule has 0 bridgehead atoms. The summed E-state index contributed by atoms with van der Waals surface area (Å²) in [6.45, 7) is 3.08. The van der Waals surface area contributed by atoms with E-state index in [1.54, 1.807) is 31.2 Å². The lowest BCUT2D eigenvalue weighted by Crippen LogP contribution is -2.39. The molecular formula is C22H27N3O6S. The number of benzene rings is 2. The average molecular weight is 462 g/mol. The Morgan fingerprint density at radius 2 is 1.66 bits per heavy atom. The third kappa shape index (κ3) is 7.55. The standard InChI is InChI=1S/C22H27N3O6S/c1-4-5-15-30-19-10-12-20(13-11-19)32(28,29)24-21(22(26)23-27)17-6-8-18(9-7-17)31-16-14-25(2)3/h6-13,21,24,27H,14-16H2,1-3H3,(H,23,26). The van der Waals surface area contributed by atoms with Crippen molar-refractivity contribution in [3.05, 3.63) is 54.1 Å². The van der Waals surface area contributed by atoms with Gasteiger partial charge >= 0.3 is 0 Å². The zero-order valence-corrected chi connectivity index (χ0v) is 19.0. The Kier molecular flexibility index (Phi) is 9.49. The van der Waals surface area contributed by atoms with Gasteiger partial charge in [0.05, 0.1) is 4.90 Å². The largest absolute Gasteiger partial charge is 0.492 e. The quantitative estimate of drug-likeness (QED) is 0.264. The Bertz CT molecular complexity index is 1040. The van der Waals surface area contributed by atoms with Gasteiger partial charge in [-0.1, -0.05) is 18.1 Å². The zero-order valence-electron chi connectivity index (χ0n) is 18.2. The van der Waals surface area contributed by atoms with Crippen molar-refractivity contribution in [3.63, 3.8) is 0 Å². The van der Waals surface area contributed by atoms with Crippen molar-refractivity contribution in [2.75, 3.05) is 33.9 Å². The van der Waals surface area contributed by atoms with Crippen LogP contribution in [-0.2, 0) is 14.8 Å². The molecule has 3 N–H and O–H groups in total. The van der Waals surface area contributed by atoms with E-state index in [1.165, 1.54) is 29.7 Å². The molecule has 10 heteroatoms. The fourth-order valence-corrected chi connectivity index (χ4v) is 3.75. The minimum Gasteiger partial charge on any atom is -0.492 e. The Balaban J connectivity index is 2.15. The van der Waals surface area contributed by atoms with Gasteiger partial charge in [0.2, 0.25) is 10.0 Å². The highest BCUT2D eigenvalue weighted by Gasteiger charge is 2.27. The maximum Gasteiger partial charge on any atom is 0.266 e. The smallest absolute Gasteiger partial charge is 0.266 e. The third-order valence-corrected chi connectivity index (χ3v) is 5.73. The monoisotopic (exact) mass is 461 g/mol. The van der Waals surface area contributed by atoms with Crippen molar-refractivity contribution < 1.29 is 27.9 Å². The molecule has 1 unspecified atom stereocenters. The number of rotatable bonds is 11. The Morgan fingerprint density at radius 1 is 1.06 bits per heavy atom. The van der Waals surface area contributed by atoms with Crippen molar-refractivity contribution in [2.45, 2.75) is 17.9 Å². The number of nitrogens with one attached hydrogen (secondary N) is 2. The number of likely N-dealkylation sites (N-methyl/N-ethyl adjacent to an activating group) is 1. The predicted octanol–water partition coefficient (Wildman–Crippen LogP) is 1.55. The number of carbonyl (C=O) groups excluding carboxylic acids is 1. The molecule has 0 saturated heterocycles. The van der Waals surface area contributed by atoms with Gasteiger partial charge in [-0.2, -0.15) is 4.72 Å². The topological polar surface area (TPSA) is 117 Å². The highest BCUT2D eigenvalue weighted by Crippen LogP contribution is 2.22. The fourth-order valence-electron chi connectivity index (χ4n) is 2.57. The van der Waals surface area contributed by atoms with Gasteiger partial charge in [-0.3, -0.25) is 10.0 Å². The number of ether oxygens (including phenoxy) is 2. The fraction of sp³-hybridized carbons (Fsp3) is 0.318. The summed E-state index contributed by atoms with van der Waals surface area (Å²) in [6, 6.07) is 10.7. The van der Waals surface area contributed by atoms with E-state index in [4.69, 9.17) is 14.7 Å². The van der Waals surface area contributed by atoms with Gasteiger partial charge in [0.15, 0.2) is 0 Å². The number of hydrogen-bond acceptors (Lipinski definition) is 7. The molecule has 2 aromatic rings. The normalized spacial score (nSPS) is 11.9. The van der Waals surface area contributed by atoms with Crippen LogP contribution < -0.4 is 19.7 Å². The van der Waals surface area contributed by atoms with Gasteiger partial charge in [0, 0.05) is 6.54 Å². The van der Waals surface area contributed by atoms with Gasteiger partial charge in [0.1, 0.15) is 30.8 Å². The number of hydrogen-bond donors (Lipinski definition) is 3. The maximum atomic E-state index is 12.8. The molecule has 0 aliphatic heterocycles. The van der Waals surface area contributed by atoms with E-state index in [0.717, 1.165) is 6.54 Å². The summed E-state index contributed by atoms with van der Waals surface area (Å²) < 4.78 is 38.9. The van der Waals surface area contributed by atoms with Gasteiger partial charge in [-0.05, 0) is 63.0 Å². The van der Waals surface area contributed by atoms with Crippen LogP contribution in [0.3, 0.4) is 0 Å². The summed E-state index contributed by atoms with van der Waals surface area (Å²) in [4.78, 5) is 14.1. The second-order valence-corrected chi connectivity index (χ2v) is 8.65. The first kappa shape index (κ1) is 25.2. The van der Waals surface area contributed by atoms with Crippen LogP contribution in [0.15, 0.2) is 53.4 Å². The van der Waals surface area contributed by atoms with Crippen LogP contribution >= 0.6 is 0 Å². The van der Waals surface area contributed by atoms with Crippen molar-refractivity contribution in [1.29, 1.82) is 0 Å². The van der Waals surface area contributed by atoms with E-state index in [1.807, 2.05) is 19.0 Å². The molecule has 1 amide bonds. The molecule has 2 aromatic carbocycles. The molecule has 0 aliphatic carbocycles. The van der Waals surface area contributed by atoms with Crippen LogP contribution in [0.25, 0.3) is 0 Å². The minimum absolute atomic E-state index is 0.0641. The Labute approximate surface area is 188 Å². The Hall–Kier alpha value is -3.10. The van der Waals surface area contributed by atoms with Gasteiger partial charge in [0.25, 0.3) is 5.91 Å². The molecule has 0 aromatic heterocycles. The second kappa shape index (κ2) is 12.1. The molecule has 32 heavy (non-hydrogen) atoms. The molecule has 1 atom stereocenters. The van der Waals surface area contributed by atoms with Crippen LogP contribution in [0.1, 0.15) is 18.5 Å². The van der Waals surface area contributed by atoms with Gasteiger partial charge in [-0.25, -0.2) is 13.9 Å². The van der Waals surface area contributed by atoms with Crippen LogP contribution in [0, 0.1) is 11.8 Å². The molecule has 0 saturated carbocycles. The number of sulfonamides is 1. The van der Waals surface area contributed by atoms with E-state index >= 15 is 0 Å². The molecular weight excluding hydrogens is 434 g/mol. The molecule has 0 fully saturated rings. The van der Waals surface area contributed by atoms with Crippen molar-refractivity contribution in [2.24, 2.45) is 0 Å². The van der Waals surface area contributed by atoms with Crippen molar-refractivity contribution >= 4 is 15.9 Å². The molecule has 9 nitrogen and oxygen atoms in total.